The number of allylic oxidation sites excluding steroid dienone is 1. The lowest BCUT2D eigenvalue weighted by molar-refractivity contribution is 0.174. The van der Waals surface area contributed by atoms with Crippen molar-refractivity contribution in [3.05, 3.63) is 59.1 Å². The first-order valence-corrected chi connectivity index (χ1v) is 9.01. The van der Waals surface area contributed by atoms with Gasteiger partial charge >= 0.3 is 0 Å². The fourth-order valence-corrected chi connectivity index (χ4v) is 3.37. The smallest absolute Gasteiger partial charge is 0.231 e. The molecule has 0 amide bonds. The zero-order valence-electron chi connectivity index (χ0n) is 14.4. The number of hydrogen-bond donors (Lipinski definition) is 1. The fraction of sp³-hybridized carbons (Fsp3) is 0.100. The molecule has 0 aliphatic carbocycles. The summed E-state index contributed by atoms with van der Waals surface area (Å²) in [4.78, 5) is 4.58. The molecule has 1 aliphatic rings. The van der Waals surface area contributed by atoms with Crippen molar-refractivity contribution in [2.24, 2.45) is 0 Å². The van der Waals surface area contributed by atoms with Gasteiger partial charge in [0, 0.05) is 28.9 Å². The van der Waals surface area contributed by atoms with Crippen LogP contribution in [-0.4, -0.2) is 18.9 Å². The molecule has 7 heteroatoms. The molecule has 1 aromatic heterocycles. The number of rotatable bonds is 5. The van der Waals surface area contributed by atoms with Gasteiger partial charge in [-0.1, -0.05) is 0 Å². The molecule has 2 heterocycles. The van der Waals surface area contributed by atoms with Crippen LogP contribution >= 0.6 is 11.3 Å². The van der Waals surface area contributed by atoms with E-state index < -0.39 is 0 Å². The lowest BCUT2D eigenvalue weighted by Crippen LogP contribution is -1.93. The zero-order chi connectivity index (χ0) is 18.6. The first-order chi connectivity index (χ1) is 13.3. The Morgan fingerprint density at radius 3 is 2.81 bits per heavy atom. The third-order valence-electron chi connectivity index (χ3n) is 4.00. The number of fused-ring (bicyclic) bond motifs is 1. The number of thiazole rings is 1. The van der Waals surface area contributed by atoms with Crippen LogP contribution in [0.15, 0.2) is 54.0 Å². The van der Waals surface area contributed by atoms with Crippen LogP contribution < -0.4 is 19.5 Å². The molecular formula is C20H15N3O3S. The lowest BCUT2D eigenvalue weighted by Gasteiger charge is -2.03. The van der Waals surface area contributed by atoms with Gasteiger partial charge in [0.2, 0.25) is 6.79 Å². The minimum atomic E-state index is 0.228. The van der Waals surface area contributed by atoms with Gasteiger partial charge in [0.15, 0.2) is 11.5 Å². The van der Waals surface area contributed by atoms with Crippen LogP contribution in [0.2, 0.25) is 0 Å². The molecule has 4 rings (SSSR count). The van der Waals surface area contributed by atoms with E-state index in [0.29, 0.717) is 22.1 Å². The lowest BCUT2D eigenvalue weighted by atomic mass is 10.2. The Hall–Kier alpha value is -3.50. The molecule has 0 bridgehead atoms. The molecule has 0 atom stereocenters. The summed E-state index contributed by atoms with van der Waals surface area (Å²) in [5.41, 5.74) is 3.05. The van der Waals surface area contributed by atoms with Crippen molar-refractivity contribution in [3.8, 4) is 34.6 Å². The summed E-state index contributed by atoms with van der Waals surface area (Å²) in [5, 5.41) is 15.2. The molecule has 0 spiro atoms. The molecule has 6 nitrogen and oxygen atoms in total. The van der Waals surface area contributed by atoms with Gasteiger partial charge in [0.1, 0.15) is 22.4 Å². The van der Waals surface area contributed by atoms with E-state index >= 15 is 0 Å². The Kier molecular flexibility index (Phi) is 4.64. The highest BCUT2D eigenvalue weighted by molar-refractivity contribution is 7.11. The maximum atomic E-state index is 9.51. The maximum Gasteiger partial charge on any atom is 0.231 e. The number of aromatic nitrogens is 1. The molecule has 0 radical (unpaired) electrons. The first-order valence-electron chi connectivity index (χ1n) is 8.13. The van der Waals surface area contributed by atoms with Gasteiger partial charge in [0.25, 0.3) is 0 Å². The predicted octanol–water partition coefficient (Wildman–Crippen LogP) is 4.52. The molecular weight excluding hydrogens is 362 g/mol. The molecule has 0 saturated carbocycles. The second-order valence-electron chi connectivity index (χ2n) is 5.65. The highest BCUT2D eigenvalue weighted by atomic mass is 32.1. The predicted molar refractivity (Wildman–Crippen MR) is 104 cm³/mol. The van der Waals surface area contributed by atoms with E-state index in [0.717, 1.165) is 22.7 Å². The Morgan fingerprint density at radius 2 is 2.04 bits per heavy atom. The number of anilines is 1. The number of methoxy groups -OCH3 is 1. The van der Waals surface area contributed by atoms with E-state index in [1.54, 1.807) is 13.3 Å². The van der Waals surface area contributed by atoms with Crippen molar-refractivity contribution >= 4 is 22.6 Å². The van der Waals surface area contributed by atoms with Gasteiger partial charge in [-0.2, -0.15) is 5.26 Å². The number of benzene rings is 2. The molecule has 2 aromatic carbocycles. The largest absolute Gasteiger partial charge is 0.497 e. The van der Waals surface area contributed by atoms with E-state index in [4.69, 9.17) is 14.2 Å². The van der Waals surface area contributed by atoms with Crippen LogP contribution in [0.5, 0.6) is 17.2 Å². The van der Waals surface area contributed by atoms with Gasteiger partial charge in [-0.05, 0) is 36.4 Å². The molecule has 1 aliphatic heterocycles. The molecule has 134 valence electrons. The topological polar surface area (TPSA) is 76.4 Å². The number of ether oxygens (including phenoxy) is 3. The van der Waals surface area contributed by atoms with Gasteiger partial charge in [-0.25, -0.2) is 4.98 Å². The third-order valence-corrected chi connectivity index (χ3v) is 4.87. The second-order valence-corrected chi connectivity index (χ2v) is 6.51. The quantitative estimate of drug-likeness (QED) is 0.659. The van der Waals surface area contributed by atoms with Crippen LogP contribution in [0.1, 0.15) is 5.01 Å². The Balaban J connectivity index is 1.53. The van der Waals surface area contributed by atoms with E-state index in [9.17, 15) is 5.26 Å². The third kappa shape index (κ3) is 3.57. The van der Waals surface area contributed by atoms with Crippen LogP contribution in [-0.2, 0) is 0 Å². The van der Waals surface area contributed by atoms with Crippen LogP contribution in [0.25, 0.3) is 16.8 Å². The summed E-state index contributed by atoms with van der Waals surface area (Å²) < 4.78 is 15.8. The minimum Gasteiger partial charge on any atom is -0.497 e. The highest BCUT2D eigenvalue weighted by Crippen LogP contribution is 2.34. The van der Waals surface area contributed by atoms with Crippen molar-refractivity contribution in [1.82, 2.24) is 4.98 Å². The molecule has 27 heavy (non-hydrogen) atoms. The number of nitrogens with one attached hydrogen (secondary N) is 1. The molecule has 0 unspecified atom stereocenters. The molecule has 3 aromatic rings. The summed E-state index contributed by atoms with van der Waals surface area (Å²) in [6.07, 6.45) is 1.65. The van der Waals surface area contributed by atoms with E-state index in [2.05, 4.69) is 16.4 Å². The molecule has 0 fully saturated rings. The average molecular weight is 377 g/mol. The highest BCUT2D eigenvalue weighted by Gasteiger charge is 2.13. The van der Waals surface area contributed by atoms with E-state index in [1.807, 2.05) is 47.8 Å². The Morgan fingerprint density at radius 1 is 1.22 bits per heavy atom. The summed E-state index contributed by atoms with van der Waals surface area (Å²) in [7, 11) is 1.63. The zero-order valence-corrected chi connectivity index (χ0v) is 15.2. The van der Waals surface area contributed by atoms with Gasteiger partial charge in [0.05, 0.1) is 12.8 Å². The monoisotopic (exact) mass is 377 g/mol. The summed E-state index contributed by atoms with van der Waals surface area (Å²) in [5.74, 6) is 2.19. The van der Waals surface area contributed by atoms with Crippen LogP contribution in [0, 0.1) is 11.3 Å². The Labute approximate surface area is 160 Å². The average Bonchev–Trinajstić information content (AvgIpc) is 3.38. The van der Waals surface area contributed by atoms with Crippen molar-refractivity contribution in [1.29, 1.82) is 5.26 Å². The molecule has 0 saturated heterocycles. The number of nitriles is 1. The van der Waals surface area contributed by atoms with E-state index in [-0.39, 0.29) is 6.79 Å². The van der Waals surface area contributed by atoms with Crippen molar-refractivity contribution in [2.45, 2.75) is 0 Å². The fourth-order valence-electron chi connectivity index (χ4n) is 2.58. The van der Waals surface area contributed by atoms with Crippen molar-refractivity contribution < 1.29 is 14.2 Å². The molecule has 1 N–H and O–H groups in total. The number of nitrogens with zero attached hydrogens (tertiary/aromatic N) is 2. The maximum absolute atomic E-state index is 9.51. The van der Waals surface area contributed by atoms with Crippen molar-refractivity contribution in [2.75, 3.05) is 19.2 Å². The van der Waals surface area contributed by atoms with Crippen LogP contribution in [0.3, 0.4) is 0 Å². The SMILES string of the molecule is COc1ccc(-c2csc(/C(C#N)=C/Nc3ccc4c(c3)OCO4)n2)cc1. The Bertz CT molecular complexity index is 1040. The van der Waals surface area contributed by atoms with Gasteiger partial charge in [-0.3, -0.25) is 0 Å². The summed E-state index contributed by atoms with van der Waals surface area (Å²) in [6.45, 7) is 0.228. The summed E-state index contributed by atoms with van der Waals surface area (Å²) >= 11 is 1.42. The van der Waals surface area contributed by atoms with Gasteiger partial charge < -0.3 is 19.5 Å². The minimum absolute atomic E-state index is 0.228. The number of hydrogen-bond acceptors (Lipinski definition) is 7. The normalized spacial score (nSPS) is 12.5. The second kappa shape index (κ2) is 7.40. The van der Waals surface area contributed by atoms with E-state index in [1.165, 1.54) is 11.3 Å². The summed E-state index contributed by atoms with van der Waals surface area (Å²) in [6, 6.07) is 15.4. The van der Waals surface area contributed by atoms with Gasteiger partial charge in [-0.15, -0.1) is 11.3 Å². The standard InChI is InChI=1S/C20H15N3O3S/c1-24-16-5-2-13(3-6-16)17-11-27-20(23-17)14(9-21)10-22-15-4-7-18-19(8-15)26-12-25-18/h2-8,10-11,22H,12H2,1H3/b14-10+. The first kappa shape index (κ1) is 16.9. The van der Waals surface area contributed by atoms with Crippen molar-refractivity contribution in [3.63, 3.8) is 0 Å². The van der Waals surface area contributed by atoms with Crippen LogP contribution in [0.4, 0.5) is 5.69 Å².